The summed E-state index contributed by atoms with van der Waals surface area (Å²) in [5.41, 5.74) is 0. The number of hydrogen-bond donors (Lipinski definition) is 2. The molecule has 0 bridgehead atoms. The molecule has 0 aromatic rings. The summed E-state index contributed by atoms with van der Waals surface area (Å²) in [6.07, 6.45) is 0.466. The summed E-state index contributed by atoms with van der Waals surface area (Å²) < 4.78 is 0. The molecule has 0 spiro atoms. The fraction of sp³-hybridized carbons (Fsp3) is 0.818. The highest BCUT2D eigenvalue weighted by molar-refractivity contribution is 5.88. The van der Waals surface area contributed by atoms with Crippen LogP contribution in [0.3, 0.4) is 0 Å². The van der Waals surface area contributed by atoms with Crippen LogP contribution < -0.4 is 10.6 Å². The summed E-state index contributed by atoms with van der Waals surface area (Å²) in [5.74, 6) is 0.192. The molecule has 15 heavy (non-hydrogen) atoms. The molecule has 0 saturated heterocycles. The lowest BCUT2D eigenvalue weighted by Gasteiger charge is -2.20. The molecule has 0 aromatic heterocycles. The van der Waals surface area contributed by atoms with Crippen LogP contribution >= 0.6 is 0 Å². The molecule has 4 nitrogen and oxygen atoms in total. The number of rotatable bonds is 7. The van der Waals surface area contributed by atoms with Crippen LogP contribution in [0, 0.1) is 5.92 Å². The van der Waals surface area contributed by atoms with Crippen molar-refractivity contribution in [3.8, 4) is 0 Å². The molecule has 0 aromatic carbocycles. The second-order valence-electron chi connectivity index (χ2n) is 3.89. The van der Waals surface area contributed by atoms with E-state index in [-0.39, 0.29) is 30.2 Å². The predicted molar refractivity (Wildman–Crippen MR) is 60.6 cm³/mol. The molecule has 88 valence electrons. The van der Waals surface area contributed by atoms with E-state index in [1.54, 1.807) is 6.92 Å². The minimum absolute atomic E-state index is 0.0577. The fourth-order valence-electron chi connectivity index (χ4n) is 1.27. The van der Waals surface area contributed by atoms with Crippen LogP contribution in [0.2, 0.25) is 0 Å². The van der Waals surface area contributed by atoms with E-state index in [4.69, 9.17) is 0 Å². The van der Waals surface area contributed by atoms with Crippen molar-refractivity contribution < 1.29 is 9.59 Å². The molecular weight excluding hydrogens is 192 g/mol. The quantitative estimate of drug-likeness (QED) is 0.656. The highest BCUT2D eigenvalue weighted by atomic mass is 16.2. The first-order chi connectivity index (χ1) is 7.02. The summed E-state index contributed by atoms with van der Waals surface area (Å²) in [4.78, 5) is 22.7. The van der Waals surface area contributed by atoms with Gasteiger partial charge in [0.05, 0.1) is 12.6 Å². The third kappa shape index (κ3) is 5.52. The van der Waals surface area contributed by atoms with E-state index >= 15 is 0 Å². The van der Waals surface area contributed by atoms with Crippen LogP contribution in [0.4, 0.5) is 0 Å². The summed E-state index contributed by atoms with van der Waals surface area (Å²) in [5, 5.41) is 5.75. The van der Waals surface area contributed by atoms with Gasteiger partial charge >= 0.3 is 0 Å². The van der Waals surface area contributed by atoms with Gasteiger partial charge < -0.3 is 10.6 Å². The second kappa shape index (κ2) is 7.40. The van der Waals surface area contributed by atoms with Crippen molar-refractivity contribution in [1.29, 1.82) is 0 Å². The first-order valence-electron chi connectivity index (χ1n) is 5.55. The van der Waals surface area contributed by atoms with Crippen LogP contribution in [0.1, 0.15) is 34.1 Å². The summed E-state index contributed by atoms with van der Waals surface area (Å²) in [6, 6.07) is -0.209. The Hall–Kier alpha value is -0.900. The molecule has 2 N–H and O–H groups in total. The molecule has 0 radical (unpaired) electrons. The minimum atomic E-state index is -0.209. The number of carbonyl (C=O) groups excluding carboxylic acids is 2. The van der Waals surface area contributed by atoms with Gasteiger partial charge in [0.25, 0.3) is 0 Å². The maximum absolute atomic E-state index is 11.7. The van der Waals surface area contributed by atoms with Gasteiger partial charge in [0.1, 0.15) is 0 Å². The lowest BCUT2D eigenvalue weighted by molar-refractivity contribution is -0.127. The van der Waals surface area contributed by atoms with Gasteiger partial charge in [-0.25, -0.2) is 0 Å². The predicted octanol–water partition coefficient (Wildman–Crippen LogP) is 0.716. The van der Waals surface area contributed by atoms with Crippen molar-refractivity contribution in [2.24, 2.45) is 5.92 Å². The van der Waals surface area contributed by atoms with Crippen molar-refractivity contribution in [3.05, 3.63) is 0 Å². The zero-order valence-corrected chi connectivity index (χ0v) is 10.1. The van der Waals surface area contributed by atoms with E-state index in [1.165, 1.54) is 0 Å². The summed E-state index contributed by atoms with van der Waals surface area (Å²) in [7, 11) is 0. The lowest BCUT2D eigenvalue weighted by atomic mass is 10.0. The van der Waals surface area contributed by atoms with E-state index in [1.807, 2.05) is 20.8 Å². The lowest BCUT2D eigenvalue weighted by Crippen LogP contribution is -2.48. The summed E-state index contributed by atoms with van der Waals surface area (Å²) >= 11 is 0. The zero-order chi connectivity index (χ0) is 11.8. The van der Waals surface area contributed by atoms with Crippen LogP contribution in [-0.2, 0) is 9.59 Å². The molecule has 0 fully saturated rings. The normalized spacial score (nSPS) is 12.6. The van der Waals surface area contributed by atoms with E-state index in [0.717, 1.165) is 6.54 Å². The smallest absolute Gasteiger partial charge is 0.237 e. The SMILES string of the molecule is CCNC(C(=O)NCC(=O)CC)C(C)C. The maximum atomic E-state index is 11.7. The topological polar surface area (TPSA) is 58.2 Å². The number of nitrogens with one attached hydrogen (secondary N) is 2. The fourth-order valence-corrected chi connectivity index (χ4v) is 1.27. The average Bonchev–Trinajstić information content (AvgIpc) is 2.21. The van der Waals surface area contributed by atoms with Crippen LogP contribution in [0.25, 0.3) is 0 Å². The van der Waals surface area contributed by atoms with Crippen molar-refractivity contribution in [1.82, 2.24) is 10.6 Å². The zero-order valence-electron chi connectivity index (χ0n) is 10.1. The van der Waals surface area contributed by atoms with E-state index in [2.05, 4.69) is 10.6 Å². The number of ketones is 1. The van der Waals surface area contributed by atoms with Crippen molar-refractivity contribution in [2.45, 2.75) is 40.2 Å². The van der Waals surface area contributed by atoms with Gasteiger partial charge in [-0.2, -0.15) is 0 Å². The molecule has 0 aliphatic carbocycles. The monoisotopic (exact) mass is 214 g/mol. The molecule has 1 atom stereocenters. The molecule has 4 heteroatoms. The van der Waals surface area contributed by atoms with Gasteiger partial charge in [0.2, 0.25) is 5.91 Å². The Morgan fingerprint density at radius 1 is 1.20 bits per heavy atom. The maximum Gasteiger partial charge on any atom is 0.237 e. The Balaban J connectivity index is 4.08. The molecule has 0 aliphatic heterocycles. The Bertz CT molecular complexity index is 215. The Labute approximate surface area is 91.8 Å². The Morgan fingerprint density at radius 2 is 1.80 bits per heavy atom. The summed E-state index contributed by atoms with van der Waals surface area (Å²) in [6.45, 7) is 8.60. The standard InChI is InChI=1S/C11H22N2O2/c1-5-9(14)7-13-11(15)10(8(3)4)12-6-2/h8,10,12H,5-7H2,1-4H3,(H,13,15). The molecular formula is C11H22N2O2. The van der Waals surface area contributed by atoms with Crippen LogP contribution in [-0.4, -0.2) is 30.8 Å². The number of likely N-dealkylation sites (N-methyl/N-ethyl adjacent to an activating group) is 1. The Morgan fingerprint density at radius 3 is 2.20 bits per heavy atom. The minimum Gasteiger partial charge on any atom is -0.348 e. The highest BCUT2D eigenvalue weighted by Gasteiger charge is 2.20. The Kier molecular flexibility index (Phi) is 6.96. The molecule has 0 saturated carbocycles. The largest absolute Gasteiger partial charge is 0.348 e. The molecule has 0 heterocycles. The van der Waals surface area contributed by atoms with E-state index < -0.39 is 0 Å². The van der Waals surface area contributed by atoms with Gasteiger partial charge in [0, 0.05) is 6.42 Å². The third-order valence-corrected chi connectivity index (χ3v) is 2.23. The molecule has 1 unspecified atom stereocenters. The molecule has 1 amide bonds. The van der Waals surface area contributed by atoms with Gasteiger partial charge in [0.15, 0.2) is 5.78 Å². The highest BCUT2D eigenvalue weighted by Crippen LogP contribution is 2.01. The number of carbonyl (C=O) groups is 2. The molecule has 0 rings (SSSR count). The van der Waals surface area contributed by atoms with Crippen molar-refractivity contribution in [3.63, 3.8) is 0 Å². The number of amides is 1. The molecule has 0 aliphatic rings. The first-order valence-corrected chi connectivity index (χ1v) is 5.55. The van der Waals surface area contributed by atoms with Crippen molar-refractivity contribution >= 4 is 11.7 Å². The third-order valence-electron chi connectivity index (χ3n) is 2.23. The van der Waals surface area contributed by atoms with E-state index in [0.29, 0.717) is 6.42 Å². The van der Waals surface area contributed by atoms with Crippen LogP contribution in [0.5, 0.6) is 0 Å². The van der Waals surface area contributed by atoms with Crippen LogP contribution in [0.15, 0.2) is 0 Å². The van der Waals surface area contributed by atoms with E-state index in [9.17, 15) is 9.59 Å². The van der Waals surface area contributed by atoms with Gasteiger partial charge in [-0.1, -0.05) is 27.7 Å². The number of hydrogen-bond acceptors (Lipinski definition) is 3. The van der Waals surface area contributed by atoms with Crippen molar-refractivity contribution in [2.75, 3.05) is 13.1 Å². The van der Waals surface area contributed by atoms with Gasteiger partial charge in [-0.3, -0.25) is 9.59 Å². The van der Waals surface area contributed by atoms with Gasteiger partial charge in [-0.05, 0) is 12.5 Å². The van der Waals surface area contributed by atoms with Gasteiger partial charge in [-0.15, -0.1) is 0 Å². The number of Topliss-reactive ketones (excluding diaryl/α,β-unsaturated/α-hetero) is 1. The first kappa shape index (κ1) is 14.1. The average molecular weight is 214 g/mol. The second-order valence-corrected chi connectivity index (χ2v) is 3.89.